The Kier molecular flexibility index (Phi) is 3.22. The van der Waals surface area contributed by atoms with Crippen molar-refractivity contribution >= 4 is 10.0 Å². The minimum atomic E-state index is -3.37. The van der Waals surface area contributed by atoms with E-state index < -0.39 is 15.3 Å². The topological polar surface area (TPSA) is 61.2 Å². The van der Waals surface area contributed by atoms with Crippen molar-refractivity contribution in [2.75, 3.05) is 13.1 Å². The molecule has 0 aromatic rings. The zero-order valence-electron chi connectivity index (χ0n) is 9.59. The molecule has 2 fully saturated rings. The maximum absolute atomic E-state index is 12.1. The van der Waals surface area contributed by atoms with E-state index in [1.54, 1.807) is 11.2 Å². The average molecular weight is 242 g/mol. The van der Waals surface area contributed by atoms with Crippen molar-refractivity contribution in [3.05, 3.63) is 0 Å². The molecule has 4 nitrogen and oxygen atoms in total. The molecule has 2 aliphatic rings. The summed E-state index contributed by atoms with van der Waals surface area (Å²) in [5, 5.41) is 8.01. The van der Waals surface area contributed by atoms with Gasteiger partial charge in [-0.05, 0) is 31.1 Å². The minimum Gasteiger partial charge on any atom is -0.211 e. The van der Waals surface area contributed by atoms with Gasteiger partial charge >= 0.3 is 0 Å². The largest absolute Gasteiger partial charge is 0.230 e. The van der Waals surface area contributed by atoms with Crippen LogP contribution < -0.4 is 0 Å². The number of nitrogens with zero attached hydrogens (tertiary/aromatic N) is 2. The van der Waals surface area contributed by atoms with Crippen LogP contribution in [0, 0.1) is 23.2 Å². The van der Waals surface area contributed by atoms with Gasteiger partial charge in [0.05, 0.1) is 6.07 Å². The van der Waals surface area contributed by atoms with Crippen molar-refractivity contribution < 1.29 is 8.42 Å². The summed E-state index contributed by atoms with van der Waals surface area (Å²) < 4.78 is 25.8. The van der Waals surface area contributed by atoms with Gasteiger partial charge in [-0.25, -0.2) is 12.7 Å². The predicted octanol–water partition coefficient (Wildman–Crippen LogP) is 1.35. The maximum Gasteiger partial charge on any atom is 0.230 e. The molecule has 16 heavy (non-hydrogen) atoms. The highest BCUT2D eigenvalue weighted by molar-refractivity contribution is 7.90. The molecule has 0 spiro atoms. The van der Waals surface area contributed by atoms with Crippen LogP contribution in [0.25, 0.3) is 0 Å². The van der Waals surface area contributed by atoms with Gasteiger partial charge in [-0.1, -0.05) is 13.3 Å². The standard InChI is InChI=1S/C11H18N2O2S/c1-2-11(6-12)16(14,15)13-7-9-4-3-5-10(9)8-13/h9-11H,2-5,7-8H2,1H3. The predicted molar refractivity (Wildman–Crippen MR) is 61.0 cm³/mol. The molecule has 0 bridgehead atoms. The molecule has 5 heteroatoms. The summed E-state index contributed by atoms with van der Waals surface area (Å²) in [6.45, 7) is 3.04. The first-order valence-corrected chi connectivity index (χ1v) is 7.48. The lowest BCUT2D eigenvalue weighted by Crippen LogP contribution is -2.37. The van der Waals surface area contributed by atoms with Crippen LogP contribution >= 0.6 is 0 Å². The van der Waals surface area contributed by atoms with Crippen molar-refractivity contribution in [2.24, 2.45) is 11.8 Å². The van der Waals surface area contributed by atoms with Gasteiger partial charge in [-0.3, -0.25) is 0 Å². The van der Waals surface area contributed by atoms with E-state index in [0.29, 0.717) is 31.3 Å². The maximum atomic E-state index is 12.1. The normalized spacial score (nSPS) is 32.2. The third kappa shape index (κ3) is 1.85. The number of hydrogen-bond acceptors (Lipinski definition) is 3. The number of nitriles is 1. The Morgan fingerprint density at radius 3 is 2.38 bits per heavy atom. The van der Waals surface area contributed by atoms with Crippen LogP contribution in [-0.2, 0) is 10.0 Å². The molecule has 90 valence electrons. The second-order valence-corrected chi connectivity index (χ2v) is 6.95. The van der Waals surface area contributed by atoms with Crippen molar-refractivity contribution in [1.29, 1.82) is 5.26 Å². The van der Waals surface area contributed by atoms with Crippen molar-refractivity contribution in [3.63, 3.8) is 0 Å². The summed E-state index contributed by atoms with van der Waals surface area (Å²) in [5.41, 5.74) is 0. The second-order valence-electron chi connectivity index (χ2n) is 4.84. The number of hydrogen-bond donors (Lipinski definition) is 0. The van der Waals surface area contributed by atoms with E-state index in [1.165, 1.54) is 6.42 Å². The van der Waals surface area contributed by atoms with Crippen LogP contribution in [0.3, 0.4) is 0 Å². The van der Waals surface area contributed by atoms with E-state index in [2.05, 4.69) is 0 Å². The van der Waals surface area contributed by atoms with Gasteiger partial charge in [0.1, 0.15) is 0 Å². The lowest BCUT2D eigenvalue weighted by atomic mass is 10.0. The first-order valence-electron chi connectivity index (χ1n) is 5.98. The smallest absolute Gasteiger partial charge is 0.211 e. The van der Waals surface area contributed by atoms with E-state index in [0.717, 1.165) is 12.8 Å². The summed E-state index contributed by atoms with van der Waals surface area (Å²) >= 11 is 0. The summed E-state index contributed by atoms with van der Waals surface area (Å²) in [6.07, 6.45) is 3.92. The molecule has 0 radical (unpaired) electrons. The zero-order valence-corrected chi connectivity index (χ0v) is 10.4. The van der Waals surface area contributed by atoms with Crippen molar-refractivity contribution in [2.45, 2.75) is 37.9 Å². The lowest BCUT2D eigenvalue weighted by Gasteiger charge is -2.19. The van der Waals surface area contributed by atoms with E-state index in [1.807, 2.05) is 6.07 Å². The zero-order chi connectivity index (χ0) is 11.8. The molecule has 0 aromatic carbocycles. The molecular weight excluding hydrogens is 224 g/mol. The molecule has 3 atom stereocenters. The van der Waals surface area contributed by atoms with Gasteiger partial charge in [0.15, 0.2) is 5.25 Å². The second kappa shape index (κ2) is 4.34. The van der Waals surface area contributed by atoms with Gasteiger partial charge in [0.2, 0.25) is 10.0 Å². The van der Waals surface area contributed by atoms with Gasteiger partial charge in [-0.2, -0.15) is 5.26 Å². The Labute approximate surface area is 97.3 Å². The number of rotatable bonds is 3. The Hall–Kier alpha value is -0.600. The fourth-order valence-corrected chi connectivity index (χ4v) is 4.66. The van der Waals surface area contributed by atoms with Crippen LogP contribution in [0.1, 0.15) is 32.6 Å². The van der Waals surface area contributed by atoms with Crippen LogP contribution in [0.4, 0.5) is 0 Å². The fraction of sp³-hybridized carbons (Fsp3) is 0.909. The third-order valence-corrected chi connectivity index (χ3v) is 6.10. The first-order chi connectivity index (χ1) is 7.59. The summed E-state index contributed by atoms with van der Waals surface area (Å²) in [6, 6.07) is 1.90. The molecule has 0 aromatic heterocycles. The molecule has 3 unspecified atom stereocenters. The molecular formula is C11H18N2O2S. The molecule has 1 saturated heterocycles. The van der Waals surface area contributed by atoms with E-state index in [9.17, 15) is 8.42 Å². The molecule has 0 N–H and O–H groups in total. The first kappa shape index (κ1) is 11.9. The molecule has 1 saturated carbocycles. The van der Waals surface area contributed by atoms with E-state index >= 15 is 0 Å². The Balaban J connectivity index is 2.12. The quantitative estimate of drug-likeness (QED) is 0.750. The monoisotopic (exact) mass is 242 g/mol. The van der Waals surface area contributed by atoms with Crippen LogP contribution in [-0.4, -0.2) is 31.1 Å². The average Bonchev–Trinajstić information content (AvgIpc) is 2.77. The summed E-state index contributed by atoms with van der Waals surface area (Å²) in [4.78, 5) is 0. The van der Waals surface area contributed by atoms with Gasteiger partial charge in [0.25, 0.3) is 0 Å². The van der Waals surface area contributed by atoms with Gasteiger partial charge in [-0.15, -0.1) is 0 Å². The molecule has 1 aliphatic carbocycles. The van der Waals surface area contributed by atoms with E-state index in [4.69, 9.17) is 5.26 Å². The van der Waals surface area contributed by atoms with Gasteiger partial charge in [0, 0.05) is 13.1 Å². The summed E-state index contributed by atoms with van der Waals surface area (Å²) in [5.74, 6) is 1.09. The van der Waals surface area contributed by atoms with Crippen molar-refractivity contribution in [3.8, 4) is 6.07 Å². The number of sulfonamides is 1. The van der Waals surface area contributed by atoms with Crippen molar-refractivity contribution in [1.82, 2.24) is 4.31 Å². The Morgan fingerprint density at radius 1 is 1.38 bits per heavy atom. The van der Waals surface area contributed by atoms with Gasteiger partial charge < -0.3 is 0 Å². The highest BCUT2D eigenvalue weighted by atomic mass is 32.2. The molecule has 1 heterocycles. The third-order valence-electron chi connectivity index (χ3n) is 3.93. The van der Waals surface area contributed by atoms with Crippen LogP contribution in [0.2, 0.25) is 0 Å². The highest BCUT2D eigenvalue weighted by Crippen LogP contribution is 2.39. The fourth-order valence-electron chi connectivity index (χ4n) is 2.95. The number of fused-ring (bicyclic) bond motifs is 1. The molecule has 2 rings (SSSR count). The Bertz CT molecular complexity index is 387. The minimum absolute atomic E-state index is 0.380. The molecule has 0 amide bonds. The van der Waals surface area contributed by atoms with Crippen LogP contribution in [0.5, 0.6) is 0 Å². The van der Waals surface area contributed by atoms with E-state index in [-0.39, 0.29) is 0 Å². The SMILES string of the molecule is CCC(C#N)S(=O)(=O)N1CC2CCCC2C1. The highest BCUT2D eigenvalue weighted by Gasteiger charge is 2.43. The summed E-state index contributed by atoms with van der Waals surface area (Å²) in [7, 11) is -3.37. The lowest BCUT2D eigenvalue weighted by molar-refractivity contribution is 0.440. The molecule has 1 aliphatic heterocycles. The Morgan fingerprint density at radius 2 is 1.94 bits per heavy atom. The van der Waals surface area contributed by atoms with Crippen LogP contribution in [0.15, 0.2) is 0 Å².